The van der Waals surface area contributed by atoms with Crippen LogP contribution >= 0.6 is 11.6 Å². The number of halogens is 1. The van der Waals surface area contributed by atoms with E-state index in [1.165, 1.54) is 17.7 Å². The Morgan fingerprint density at radius 3 is 3.06 bits per heavy atom. The fourth-order valence-electron chi connectivity index (χ4n) is 2.62. The van der Waals surface area contributed by atoms with Crippen molar-refractivity contribution in [1.82, 2.24) is 5.32 Å². The number of rotatable bonds is 5. The predicted octanol–water partition coefficient (Wildman–Crippen LogP) is 2.53. The molecule has 0 spiro atoms. The molecule has 0 amide bonds. The Labute approximate surface area is 114 Å². The summed E-state index contributed by atoms with van der Waals surface area (Å²) in [5, 5.41) is 4.00. The molecule has 1 aromatic rings. The van der Waals surface area contributed by atoms with Crippen LogP contribution in [0.1, 0.15) is 12.0 Å². The van der Waals surface area contributed by atoms with E-state index < -0.39 is 0 Å². The number of nitrogens with one attached hydrogen (secondary N) is 1. The summed E-state index contributed by atoms with van der Waals surface area (Å²) in [6, 6.07) is 6.15. The maximum absolute atomic E-state index is 6.07. The van der Waals surface area contributed by atoms with Gasteiger partial charge in [-0.05, 0) is 37.2 Å². The zero-order chi connectivity index (χ0) is 13.0. The van der Waals surface area contributed by atoms with Crippen molar-refractivity contribution in [2.75, 3.05) is 38.8 Å². The second-order valence-corrected chi connectivity index (χ2v) is 5.30. The summed E-state index contributed by atoms with van der Waals surface area (Å²) in [5.41, 5.74) is 2.57. The molecule has 0 aliphatic carbocycles. The molecular formula is C14H21ClN2O. The van der Waals surface area contributed by atoms with Crippen LogP contribution in [0.15, 0.2) is 18.2 Å². The minimum atomic E-state index is 0.646. The van der Waals surface area contributed by atoms with Gasteiger partial charge < -0.3 is 15.0 Å². The molecule has 1 aromatic carbocycles. The first-order chi connectivity index (χ1) is 8.74. The lowest BCUT2D eigenvalue weighted by Gasteiger charge is -2.22. The van der Waals surface area contributed by atoms with Crippen LogP contribution in [0.5, 0.6) is 0 Å². The maximum Gasteiger partial charge on any atom is 0.0508 e. The van der Waals surface area contributed by atoms with E-state index in [0.29, 0.717) is 5.92 Å². The SMILES string of the molecule is CNCc1cc(Cl)ccc1N1CCC(COC)C1. The number of ether oxygens (including phenoxy) is 1. The standard InChI is InChI=1S/C14H21ClN2O/c1-16-8-12-7-13(15)3-4-14(12)17-6-5-11(9-17)10-18-2/h3-4,7,11,16H,5-6,8-10H2,1-2H3. The van der Waals surface area contributed by atoms with Gasteiger partial charge in [0, 0.05) is 43.4 Å². The van der Waals surface area contributed by atoms with Gasteiger partial charge >= 0.3 is 0 Å². The Hall–Kier alpha value is -0.770. The van der Waals surface area contributed by atoms with Crippen molar-refractivity contribution in [2.45, 2.75) is 13.0 Å². The summed E-state index contributed by atoms with van der Waals surface area (Å²) in [5.74, 6) is 0.646. The van der Waals surface area contributed by atoms with Crippen molar-refractivity contribution in [3.63, 3.8) is 0 Å². The number of benzene rings is 1. The van der Waals surface area contributed by atoms with Gasteiger partial charge in [-0.3, -0.25) is 0 Å². The van der Waals surface area contributed by atoms with Crippen LogP contribution in [-0.2, 0) is 11.3 Å². The summed E-state index contributed by atoms with van der Waals surface area (Å²) < 4.78 is 5.25. The van der Waals surface area contributed by atoms with E-state index in [9.17, 15) is 0 Å². The number of anilines is 1. The van der Waals surface area contributed by atoms with Crippen molar-refractivity contribution < 1.29 is 4.74 Å². The van der Waals surface area contributed by atoms with E-state index >= 15 is 0 Å². The summed E-state index contributed by atoms with van der Waals surface area (Å²) in [6.45, 7) is 3.88. The molecule has 1 aliphatic rings. The van der Waals surface area contributed by atoms with Crippen LogP contribution in [0.2, 0.25) is 5.02 Å². The molecule has 1 aliphatic heterocycles. The highest BCUT2D eigenvalue weighted by atomic mass is 35.5. The van der Waals surface area contributed by atoms with E-state index in [0.717, 1.165) is 31.3 Å². The molecule has 18 heavy (non-hydrogen) atoms. The largest absolute Gasteiger partial charge is 0.384 e. The fourth-order valence-corrected chi connectivity index (χ4v) is 2.81. The number of nitrogens with zero attached hydrogens (tertiary/aromatic N) is 1. The molecule has 1 N–H and O–H groups in total. The zero-order valence-corrected chi connectivity index (χ0v) is 11.8. The number of hydrogen-bond acceptors (Lipinski definition) is 3. The van der Waals surface area contributed by atoms with Gasteiger partial charge in [0.1, 0.15) is 0 Å². The number of hydrogen-bond donors (Lipinski definition) is 1. The Morgan fingerprint density at radius 2 is 2.33 bits per heavy atom. The van der Waals surface area contributed by atoms with Crippen LogP contribution in [0, 0.1) is 5.92 Å². The summed E-state index contributed by atoms with van der Waals surface area (Å²) in [4.78, 5) is 2.44. The van der Waals surface area contributed by atoms with Gasteiger partial charge in [0.15, 0.2) is 0 Å². The van der Waals surface area contributed by atoms with E-state index in [4.69, 9.17) is 16.3 Å². The Bertz CT molecular complexity index is 397. The third-order valence-corrected chi connectivity index (χ3v) is 3.67. The van der Waals surface area contributed by atoms with Crippen molar-refractivity contribution >= 4 is 17.3 Å². The topological polar surface area (TPSA) is 24.5 Å². The Balaban J connectivity index is 2.13. The normalized spacial score (nSPS) is 19.5. The molecule has 100 valence electrons. The van der Waals surface area contributed by atoms with Crippen LogP contribution in [-0.4, -0.2) is 33.9 Å². The predicted molar refractivity (Wildman–Crippen MR) is 76.4 cm³/mol. The van der Waals surface area contributed by atoms with Gasteiger partial charge in [0.05, 0.1) is 6.61 Å². The van der Waals surface area contributed by atoms with E-state index in [-0.39, 0.29) is 0 Å². The minimum absolute atomic E-state index is 0.646. The van der Waals surface area contributed by atoms with Crippen LogP contribution < -0.4 is 10.2 Å². The lowest BCUT2D eigenvalue weighted by molar-refractivity contribution is 0.161. The second kappa shape index (κ2) is 6.41. The fraction of sp³-hybridized carbons (Fsp3) is 0.571. The average Bonchev–Trinajstić information content (AvgIpc) is 2.79. The van der Waals surface area contributed by atoms with Crippen molar-refractivity contribution in [3.8, 4) is 0 Å². The summed E-state index contributed by atoms with van der Waals surface area (Å²) in [6.07, 6.45) is 1.20. The van der Waals surface area contributed by atoms with Gasteiger partial charge in [-0.1, -0.05) is 11.6 Å². The molecule has 0 radical (unpaired) electrons. The number of methoxy groups -OCH3 is 1. The molecule has 1 saturated heterocycles. The molecule has 1 heterocycles. The highest BCUT2D eigenvalue weighted by molar-refractivity contribution is 6.30. The van der Waals surface area contributed by atoms with Crippen molar-refractivity contribution in [1.29, 1.82) is 0 Å². The molecule has 1 fully saturated rings. The van der Waals surface area contributed by atoms with E-state index in [2.05, 4.69) is 22.3 Å². The van der Waals surface area contributed by atoms with Crippen molar-refractivity contribution in [3.05, 3.63) is 28.8 Å². The first-order valence-corrected chi connectivity index (χ1v) is 6.79. The Kier molecular flexibility index (Phi) is 4.87. The van der Waals surface area contributed by atoms with Gasteiger partial charge in [0.2, 0.25) is 0 Å². The minimum Gasteiger partial charge on any atom is -0.384 e. The Morgan fingerprint density at radius 1 is 1.50 bits per heavy atom. The molecule has 1 unspecified atom stereocenters. The zero-order valence-electron chi connectivity index (χ0n) is 11.1. The quantitative estimate of drug-likeness (QED) is 0.888. The van der Waals surface area contributed by atoms with Crippen LogP contribution in [0.4, 0.5) is 5.69 Å². The van der Waals surface area contributed by atoms with Gasteiger partial charge in [-0.2, -0.15) is 0 Å². The first kappa shape index (κ1) is 13.7. The third-order valence-electron chi connectivity index (χ3n) is 3.44. The molecule has 0 bridgehead atoms. The highest BCUT2D eigenvalue weighted by Crippen LogP contribution is 2.29. The van der Waals surface area contributed by atoms with Crippen molar-refractivity contribution in [2.24, 2.45) is 5.92 Å². The first-order valence-electron chi connectivity index (χ1n) is 6.41. The van der Waals surface area contributed by atoms with Gasteiger partial charge in [-0.25, -0.2) is 0 Å². The van der Waals surface area contributed by atoms with Crippen LogP contribution in [0.25, 0.3) is 0 Å². The average molecular weight is 269 g/mol. The maximum atomic E-state index is 6.07. The lowest BCUT2D eigenvalue weighted by atomic mass is 10.1. The molecule has 0 saturated carbocycles. The molecule has 1 atom stereocenters. The van der Waals surface area contributed by atoms with E-state index in [1.807, 2.05) is 13.1 Å². The van der Waals surface area contributed by atoms with E-state index in [1.54, 1.807) is 7.11 Å². The summed E-state index contributed by atoms with van der Waals surface area (Å²) in [7, 11) is 3.74. The molecular weight excluding hydrogens is 248 g/mol. The lowest BCUT2D eigenvalue weighted by Crippen LogP contribution is -2.23. The monoisotopic (exact) mass is 268 g/mol. The third kappa shape index (κ3) is 3.16. The second-order valence-electron chi connectivity index (χ2n) is 4.86. The smallest absolute Gasteiger partial charge is 0.0508 e. The summed E-state index contributed by atoms with van der Waals surface area (Å²) >= 11 is 6.07. The van der Waals surface area contributed by atoms with Crippen LogP contribution in [0.3, 0.4) is 0 Å². The molecule has 0 aromatic heterocycles. The van der Waals surface area contributed by atoms with Gasteiger partial charge in [0.25, 0.3) is 0 Å². The molecule has 3 nitrogen and oxygen atoms in total. The van der Waals surface area contributed by atoms with Gasteiger partial charge in [-0.15, -0.1) is 0 Å². The molecule has 4 heteroatoms. The highest BCUT2D eigenvalue weighted by Gasteiger charge is 2.23. The molecule has 2 rings (SSSR count).